The van der Waals surface area contributed by atoms with Crippen LogP contribution in [0.5, 0.6) is 0 Å². The van der Waals surface area contributed by atoms with Gasteiger partial charge in [-0.25, -0.2) is 0 Å². The van der Waals surface area contributed by atoms with Gasteiger partial charge in [0.25, 0.3) is 0 Å². The van der Waals surface area contributed by atoms with E-state index >= 15 is 0 Å². The fraction of sp³-hybridized carbons (Fsp3) is 0.455. The SMILES string of the molecule is Cc1ccc(Cl)c2c1CCNC2C. The van der Waals surface area contributed by atoms with E-state index in [0.717, 1.165) is 18.0 Å². The van der Waals surface area contributed by atoms with Gasteiger partial charge in [0, 0.05) is 11.1 Å². The van der Waals surface area contributed by atoms with Crippen LogP contribution in [0.25, 0.3) is 0 Å². The monoisotopic (exact) mass is 195 g/mol. The maximum atomic E-state index is 6.17. The van der Waals surface area contributed by atoms with Gasteiger partial charge in [-0.05, 0) is 49.6 Å². The lowest BCUT2D eigenvalue weighted by molar-refractivity contribution is 0.539. The molecule has 1 aromatic carbocycles. The summed E-state index contributed by atoms with van der Waals surface area (Å²) in [4.78, 5) is 0. The number of fused-ring (bicyclic) bond motifs is 1. The van der Waals surface area contributed by atoms with Crippen LogP contribution in [-0.2, 0) is 6.42 Å². The van der Waals surface area contributed by atoms with Crippen LogP contribution < -0.4 is 5.32 Å². The van der Waals surface area contributed by atoms with E-state index in [-0.39, 0.29) is 0 Å². The molecule has 0 bridgehead atoms. The van der Waals surface area contributed by atoms with Crippen molar-refractivity contribution in [1.82, 2.24) is 5.32 Å². The second-order valence-electron chi connectivity index (χ2n) is 3.68. The molecule has 0 saturated heterocycles. The fourth-order valence-corrected chi connectivity index (χ4v) is 2.40. The Morgan fingerprint density at radius 2 is 2.23 bits per heavy atom. The average Bonchev–Trinajstić information content (AvgIpc) is 2.12. The highest BCUT2D eigenvalue weighted by atomic mass is 35.5. The van der Waals surface area contributed by atoms with Crippen molar-refractivity contribution in [3.63, 3.8) is 0 Å². The molecule has 2 heteroatoms. The normalized spacial score (nSPS) is 21.3. The highest BCUT2D eigenvalue weighted by Gasteiger charge is 2.19. The van der Waals surface area contributed by atoms with Crippen LogP contribution in [0.4, 0.5) is 0 Å². The second kappa shape index (κ2) is 3.32. The van der Waals surface area contributed by atoms with Crippen LogP contribution in [0.1, 0.15) is 29.7 Å². The van der Waals surface area contributed by atoms with Crippen LogP contribution in [0.15, 0.2) is 12.1 Å². The van der Waals surface area contributed by atoms with Gasteiger partial charge in [-0.1, -0.05) is 17.7 Å². The van der Waals surface area contributed by atoms with Crippen molar-refractivity contribution in [2.75, 3.05) is 6.54 Å². The van der Waals surface area contributed by atoms with Gasteiger partial charge in [-0.2, -0.15) is 0 Å². The lowest BCUT2D eigenvalue weighted by Crippen LogP contribution is -2.28. The molecule has 1 aliphatic heterocycles. The lowest BCUT2D eigenvalue weighted by atomic mass is 9.92. The van der Waals surface area contributed by atoms with Gasteiger partial charge < -0.3 is 5.32 Å². The zero-order valence-electron chi connectivity index (χ0n) is 8.02. The van der Waals surface area contributed by atoms with Crippen molar-refractivity contribution in [1.29, 1.82) is 0 Å². The van der Waals surface area contributed by atoms with E-state index in [9.17, 15) is 0 Å². The molecule has 0 radical (unpaired) electrons. The van der Waals surface area contributed by atoms with Gasteiger partial charge in [0.1, 0.15) is 0 Å². The van der Waals surface area contributed by atoms with E-state index in [4.69, 9.17) is 11.6 Å². The summed E-state index contributed by atoms with van der Waals surface area (Å²) in [5.41, 5.74) is 4.11. The van der Waals surface area contributed by atoms with Crippen molar-refractivity contribution in [2.45, 2.75) is 26.3 Å². The number of hydrogen-bond donors (Lipinski definition) is 1. The molecule has 0 amide bonds. The van der Waals surface area contributed by atoms with Gasteiger partial charge in [0.2, 0.25) is 0 Å². The minimum absolute atomic E-state index is 0.399. The molecule has 0 spiro atoms. The maximum Gasteiger partial charge on any atom is 0.0456 e. The number of hydrogen-bond acceptors (Lipinski definition) is 1. The molecule has 2 rings (SSSR count). The Labute approximate surface area is 84.1 Å². The largest absolute Gasteiger partial charge is 0.310 e. The number of halogens is 1. The Morgan fingerprint density at radius 1 is 1.46 bits per heavy atom. The van der Waals surface area contributed by atoms with Gasteiger partial charge in [0.15, 0.2) is 0 Å². The number of benzene rings is 1. The zero-order chi connectivity index (χ0) is 9.42. The summed E-state index contributed by atoms with van der Waals surface area (Å²) < 4.78 is 0. The molecular formula is C11H14ClN. The summed E-state index contributed by atoms with van der Waals surface area (Å²) in [5, 5.41) is 4.32. The van der Waals surface area contributed by atoms with Crippen LogP contribution >= 0.6 is 11.6 Å². The molecule has 0 saturated carbocycles. The average molecular weight is 196 g/mol. The van der Waals surface area contributed by atoms with E-state index in [1.165, 1.54) is 16.7 Å². The second-order valence-corrected chi connectivity index (χ2v) is 4.09. The maximum absolute atomic E-state index is 6.17. The summed E-state index contributed by atoms with van der Waals surface area (Å²) in [6, 6.07) is 4.51. The first kappa shape index (κ1) is 9.04. The molecule has 1 heterocycles. The molecule has 1 atom stereocenters. The number of aryl methyl sites for hydroxylation is 1. The Hall–Kier alpha value is -0.530. The summed E-state index contributed by atoms with van der Waals surface area (Å²) in [7, 11) is 0. The first-order valence-corrected chi connectivity index (χ1v) is 5.09. The van der Waals surface area contributed by atoms with E-state index in [1.807, 2.05) is 6.07 Å². The third-order valence-electron chi connectivity index (χ3n) is 2.80. The molecule has 1 unspecified atom stereocenters. The van der Waals surface area contributed by atoms with E-state index in [2.05, 4.69) is 25.2 Å². The minimum atomic E-state index is 0.399. The quantitative estimate of drug-likeness (QED) is 0.672. The summed E-state index contributed by atoms with van der Waals surface area (Å²) >= 11 is 6.17. The smallest absolute Gasteiger partial charge is 0.0456 e. The zero-order valence-corrected chi connectivity index (χ0v) is 8.78. The van der Waals surface area contributed by atoms with Crippen molar-refractivity contribution in [3.8, 4) is 0 Å². The molecule has 70 valence electrons. The molecule has 1 aliphatic rings. The van der Waals surface area contributed by atoms with Crippen LogP contribution in [0.2, 0.25) is 5.02 Å². The van der Waals surface area contributed by atoms with Crippen LogP contribution in [0, 0.1) is 6.92 Å². The molecule has 13 heavy (non-hydrogen) atoms. The molecule has 1 nitrogen and oxygen atoms in total. The molecule has 0 fully saturated rings. The summed E-state index contributed by atoms with van der Waals surface area (Å²) in [6.45, 7) is 5.39. The van der Waals surface area contributed by atoms with Crippen LogP contribution in [-0.4, -0.2) is 6.54 Å². The molecular weight excluding hydrogens is 182 g/mol. The Bertz CT molecular complexity index is 333. The van der Waals surface area contributed by atoms with Crippen LogP contribution in [0.3, 0.4) is 0 Å². The van der Waals surface area contributed by atoms with Crippen molar-refractivity contribution in [3.05, 3.63) is 33.8 Å². The van der Waals surface area contributed by atoms with E-state index in [1.54, 1.807) is 0 Å². The number of nitrogens with one attached hydrogen (secondary N) is 1. The first-order chi connectivity index (χ1) is 6.20. The van der Waals surface area contributed by atoms with E-state index in [0.29, 0.717) is 6.04 Å². The minimum Gasteiger partial charge on any atom is -0.310 e. The summed E-state index contributed by atoms with van der Waals surface area (Å²) in [5.74, 6) is 0. The molecule has 0 aliphatic carbocycles. The van der Waals surface area contributed by atoms with Gasteiger partial charge in [-0.3, -0.25) is 0 Å². The molecule has 0 aromatic heterocycles. The first-order valence-electron chi connectivity index (χ1n) is 4.71. The van der Waals surface area contributed by atoms with Gasteiger partial charge in [0.05, 0.1) is 0 Å². The van der Waals surface area contributed by atoms with Gasteiger partial charge >= 0.3 is 0 Å². The third-order valence-corrected chi connectivity index (χ3v) is 3.13. The van der Waals surface area contributed by atoms with E-state index < -0.39 is 0 Å². The predicted octanol–water partition coefficient (Wildman–Crippen LogP) is 2.86. The van der Waals surface area contributed by atoms with Crippen molar-refractivity contribution < 1.29 is 0 Å². The summed E-state index contributed by atoms with van der Waals surface area (Å²) in [6.07, 6.45) is 1.10. The topological polar surface area (TPSA) is 12.0 Å². The fourth-order valence-electron chi connectivity index (χ4n) is 2.06. The van der Waals surface area contributed by atoms with Crippen molar-refractivity contribution in [2.24, 2.45) is 0 Å². The Balaban J connectivity index is 2.60. The number of rotatable bonds is 0. The Morgan fingerprint density at radius 3 is 2.92 bits per heavy atom. The standard InChI is InChI=1S/C11H14ClN/c1-7-3-4-10(12)11-8(2)13-6-5-9(7)11/h3-4,8,13H,5-6H2,1-2H3. The third kappa shape index (κ3) is 1.47. The van der Waals surface area contributed by atoms with Gasteiger partial charge in [-0.15, -0.1) is 0 Å². The lowest BCUT2D eigenvalue weighted by Gasteiger charge is -2.26. The van der Waals surface area contributed by atoms with Crippen molar-refractivity contribution >= 4 is 11.6 Å². The predicted molar refractivity (Wildman–Crippen MR) is 56.3 cm³/mol. The Kier molecular flexibility index (Phi) is 2.31. The molecule has 1 N–H and O–H groups in total. The molecule has 1 aromatic rings. The highest BCUT2D eigenvalue weighted by Crippen LogP contribution is 2.31. The highest BCUT2D eigenvalue weighted by molar-refractivity contribution is 6.31.